The fourth-order valence-electron chi connectivity index (χ4n) is 3.30. The SMILES string of the molecule is CN1CCC(c2ccc(Nc3nc(Br)cn4ccnc34)cc2)CC1. The van der Waals surface area contributed by atoms with Gasteiger partial charge in [0.05, 0.1) is 0 Å². The first kappa shape index (κ1) is 15.6. The number of piperidine rings is 1. The maximum Gasteiger partial charge on any atom is 0.180 e. The molecule has 0 bridgehead atoms. The minimum atomic E-state index is 0.679. The summed E-state index contributed by atoms with van der Waals surface area (Å²) in [5.41, 5.74) is 3.28. The van der Waals surface area contributed by atoms with Crippen molar-refractivity contribution in [1.82, 2.24) is 19.3 Å². The van der Waals surface area contributed by atoms with E-state index in [1.165, 1.54) is 31.5 Å². The molecule has 1 aromatic carbocycles. The van der Waals surface area contributed by atoms with Gasteiger partial charge in [0.25, 0.3) is 0 Å². The van der Waals surface area contributed by atoms with Gasteiger partial charge in [-0.3, -0.25) is 0 Å². The van der Waals surface area contributed by atoms with Crippen LogP contribution in [0.4, 0.5) is 11.5 Å². The molecule has 0 radical (unpaired) electrons. The summed E-state index contributed by atoms with van der Waals surface area (Å²) in [7, 11) is 2.20. The third-order valence-corrected chi connectivity index (χ3v) is 5.09. The Bertz CT molecular complexity index is 834. The molecule has 124 valence electrons. The lowest BCUT2D eigenvalue weighted by Gasteiger charge is -2.29. The van der Waals surface area contributed by atoms with Crippen molar-refractivity contribution in [2.45, 2.75) is 18.8 Å². The minimum absolute atomic E-state index is 0.679. The van der Waals surface area contributed by atoms with Crippen LogP contribution in [0.3, 0.4) is 0 Å². The lowest BCUT2D eigenvalue weighted by atomic mass is 9.89. The molecule has 0 atom stereocenters. The largest absolute Gasteiger partial charge is 0.337 e. The minimum Gasteiger partial charge on any atom is -0.337 e. The number of rotatable bonds is 3. The molecule has 3 aromatic rings. The number of hydrogen-bond acceptors (Lipinski definition) is 4. The monoisotopic (exact) mass is 385 g/mol. The Morgan fingerprint density at radius 3 is 2.67 bits per heavy atom. The summed E-state index contributed by atoms with van der Waals surface area (Å²) in [6.07, 6.45) is 8.07. The van der Waals surface area contributed by atoms with Gasteiger partial charge in [-0.1, -0.05) is 12.1 Å². The van der Waals surface area contributed by atoms with E-state index in [4.69, 9.17) is 0 Å². The third kappa shape index (κ3) is 3.16. The van der Waals surface area contributed by atoms with Crippen molar-refractivity contribution in [2.75, 3.05) is 25.5 Å². The van der Waals surface area contributed by atoms with E-state index < -0.39 is 0 Å². The van der Waals surface area contributed by atoms with E-state index in [9.17, 15) is 0 Å². The maximum atomic E-state index is 4.51. The first-order chi connectivity index (χ1) is 11.7. The molecule has 0 unspecified atom stereocenters. The maximum absolute atomic E-state index is 4.51. The highest BCUT2D eigenvalue weighted by Gasteiger charge is 2.18. The van der Waals surface area contributed by atoms with E-state index in [1.54, 1.807) is 6.20 Å². The summed E-state index contributed by atoms with van der Waals surface area (Å²) in [4.78, 5) is 11.3. The molecule has 6 heteroatoms. The summed E-state index contributed by atoms with van der Waals surface area (Å²) in [5.74, 6) is 1.43. The highest BCUT2D eigenvalue weighted by Crippen LogP contribution is 2.29. The van der Waals surface area contributed by atoms with Gasteiger partial charge in [0.15, 0.2) is 11.5 Å². The van der Waals surface area contributed by atoms with E-state index >= 15 is 0 Å². The Balaban J connectivity index is 1.54. The Kier molecular flexibility index (Phi) is 4.24. The normalized spacial score (nSPS) is 16.6. The second-order valence-corrected chi connectivity index (χ2v) is 7.21. The molecule has 1 aliphatic rings. The molecule has 5 nitrogen and oxygen atoms in total. The zero-order chi connectivity index (χ0) is 16.5. The average Bonchev–Trinajstić information content (AvgIpc) is 3.05. The van der Waals surface area contributed by atoms with Crippen LogP contribution in [0, 0.1) is 0 Å². The highest BCUT2D eigenvalue weighted by atomic mass is 79.9. The van der Waals surface area contributed by atoms with Gasteiger partial charge in [-0.2, -0.15) is 0 Å². The lowest BCUT2D eigenvalue weighted by molar-refractivity contribution is 0.255. The quantitative estimate of drug-likeness (QED) is 0.738. The fourth-order valence-corrected chi connectivity index (χ4v) is 3.70. The first-order valence-corrected chi connectivity index (χ1v) is 9.03. The zero-order valence-corrected chi connectivity index (χ0v) is 15.2. The van der Waals surface area contributed by atoms with Crippen LogP contribution in [0.2, 0.25) is 0 Å². The molecule has 1 aliphatic heterocycles. The smallest absolute Gasteiger partial charge is 0.180 e. The lowest BCUT2D eigenvalue weighted by Crippen LogP contribution is -2.29. The van der Waals surface area contributed by atoms with Gasteiger partial charge in [0.2, 0.25) is 0 Å². The number of hydrogen-bond donors (Lipinski definition) is 1. The average molecular weight is 386 g/mol. The van der Waals surface area contributed by atoms with Crippen molar-refractivity contribution in [3.63, 3.8) is 0 Å². The summed E-state index contributed by atoms with van der Waals surface area (Å²) in [6.45, 7) is 2.37. The number of aromatic nitrogens is 3. The molecule has 24 heavy (non-hydrogen) atoms. The van der Waals surface area contributed by atoms with Crippen molar-refractivity contribution in [3.8, 4) is 0 Å². The molecule has 2 aromatic heterocycles. The number of imidazole rings is 1. The van der Waals surface area contributed by atoms with Crippen LogP contribution in [0.25, 0.3) is 5.65 Å². The van der Waals surface area contributed by atoms with Gasteiger partial charge in [0, 0.05) is 24.3 Å². The number of nitrogens with zero attached hydrogens (tertiary/aromatic N) is 4. The Morgan fingerprint density at radius 1 is 1.17 bits per heavy atom. The molecule has 1 fully saturated rings. The predicted octanol–water partition coefficient (Wildman–Crippen LogP) is 4.04. The summed E-state index contributed by atoms with van der Waals surface area (Å²) < 4.78 is 2.73. The van der Waals surface area contributed by atoms with Gasteiger partial charge in [-0.25, -0.2) is 9.97 Å². The van der Waals surface area contributed by atoms with E-state index in [0.717, 1.165) is 21.8 Å². The Morgan fingerprint density at radius 2 is 1.92 bits per heavy atom. The van der Waals surface area contributed by atoms with E-state index in [1.807, 2.05) is 16.8 Å². The van der Waals surface area contributed by atoms with Crippen LogP contribution < -0.4 is 5.32 Å². The summed E-state index contributed by atoms with van der Waals surface area (Å²) in [6, 6.07) is 8.74. The van der Waals surface area contributed by atoms with Gasteiger partial charge in [-0.15, -0.1) is 0 Å². The topological polar surface area (TPSA) is 45.5 Å². The van der Waals surface area contributed by atoms with Crippen LogP contribution in [0.15, 0.2) is 47.5 Å². The van der Waals surface area contributed by atoms with Crippen LogP contribution in [0.1, 0.15) is 24.3 Å². The van der Waals surface area contributed by atoms with Crippen molar-refractivity contribution < 1.29 is 0 Å². The van der Waals surface area contributed by atoms with Gasteiger partial charge < -0.3 is 14.6 Å². The van der Waals surface area contributed by atoms with Crippen molar-refractivity contribution in [1.29, 1.82) is 0 Å². The van der Waals surface area contributed by atoms with Gasteiger partial charge >= 0.3 is 0 Å². The fraction of sp³-hybridized carbons (Fsp3) is 0.333. The molecule has 0 spiro atoms. The summed E-state index contributed by atoms with van der Waals surface area (Å²) >= 11 is 3.45. The third-order valence-electron chi connectivity index (χ3n) is 4.71. The number of fused-ring (bicyclic) bond motifs is 1. The van der Waals surface area contributed by atoms with E-state index in [2.05, 4.69) is 67.4 Å². The molecule has 4 rings (SSSR count). The van der Waals surface area contributed by atoms with Crippen LogP contribution in [-0.2, 0) is 0 Å². The van der Waals surface area contributed by atoms with Crippen LogP contribution in [-0.4, -0.2) is 39.4 Å². The predicted molar refractivity (Wildman–Crippen MR) is 99.9 cm³/mol. The molecule has 3 heterocycles. The van der Waals surface area contributed by atoms with Crippen molar-refractivity contribution in [2.24, 2.45) is 0 Å². The Hall–Kier alpha value is -1.92. The van der Waals surface area contributed by atoms with Crippen molar-refractivity contribution in [3.05, 3.63) is 53.0 Å². The molecule has 1 N–H and O–H groups in total. The zero-order valence-electron chi connectivity index (χ0n) is 13.6. The van der Waals surface area contributed by atoms with Crippen molar-refractivity contribution >= 4 is 33.1 Å². The number of nitrogens with one attached hydrogen (secondary N) is 1. The molecule has 0 amide bonds. The van der Waals surface area contributed by atoms with Gasteiger partial charge in [0.1, 0.15) is 4.60 Å². The van der Waals surface area contributed by atoms with Crippen LogP contribution in [0.5, 0.6) is 0 Å². The molecule has 1 saturated heterocycles. The second-order valence-electron chi connectivity index (χ2n) is 6.39. The second kappa shape index (κ2) is 6.53. The molecular formula is C18H20BrN5. The number of anilines is 2. The van der Waals surface area contributed by atoms with Crippen LogP contribution >= 0.6 is 15.9 Å². The summed E-state index contributed by atoms with van der Waals surface area (Å²) in [5, 5.41) is 3.38. The Labute approximate surface area is 149 Å². The highest BCUT2D eigenvalue weighted by molar-refractivity contribution is 9.10. The standard InChI is InChI=1S/C18H20BrN5/c1-23-9-6-14(7-10-23)13-2-4-15(5-3-13)21-17-18-20-8-11-24(18)12-16(19)22-17/h2-5,8,11-12,14H,6-7,9-10H2,1H3,(H,21,22). The van der Waals surface area contributed by atoms with E-state index in [0.29, 0.717) is 5.92 Å². The molecular weight excluding hydrogens is 366 g/mol. The number of likely N-dealkylation sites (tertiary alicyclic amines) is 1. The van der Waals surface area contributed by atoms with Gasteiger partial charge in [-0.05, 0) is 72.5 Å². The first-order valence-electron chi connectivity index (χ1n) is 8.24. The number of halogens is 1. The number of benzene rings is 1. The van der Waals surface area contributed by atoms with E-state index in [-0.39, 0.29) is 0 Å². The molecule has 0 aliphatic carbocycles. The molecule has 0 saturated carbocycles.